The molecule has 7 nitrogen and oxygen atoms in total. The molecule has 2 atom stereocenters. The second kappa shape index (κ2) is 7.56. The van der Waals surface area contributed by atoms with Crippen molar-refractivity contribution in [3.05, 3.63) is 35.9 Å². The van der Waals surface area contributed by atoms with Crippen LogP contribution in [0.5, 0.6) is 0 Å². The number of carbonyl (C=O) groups is 3. The van der Waals surface area contributed by atoms with Gasteiger partial charge in [-0.2, -0.15) is 0 Å². The summed E-state index contributed by atoms with van der Waals surface area (Å²) in [6.07, 6.45) is -0.229. The zero-order chi connectivity index (χ0) is 15.9. The fourth-order valence-electron chi connectivity index (χ4n) is 1.95. The first-order valence-electron chi connectivity index (χ1n) is 7.05. The second-order valence-corrected chi connectivity index (χ2v) is 4.89. The standard InChI is InChI=1S/C15H18N2O5/c1-10(22-15(20)12-8-5-9-21-12)13(18)16-17-14(19)11-6-3-2-4-7-11/h2-4,6-7,10,12H,5,8-9H2,1H3,(H,16,18)(H,17,19)/t10-,12-/m0/s1. The van der Waals surface area contributed by atoms with Crippen LogP contribution in [-0.4, -0.2) is 36.6 Å². The van der Waals surface area contributed by atoms with Crippen LogP contribution in [0.1, 0.15) is 30.1 Å². The van der Waals surface area contributed by atoms with E-state index in [4.69, 9.17) is 9.47 Å². The topological polar surface area (TPSA) is 93.7 Å². The van der Waals surface area contributed by atoms with Gasteiger partial charge in [0, 0.05) is 12.2 Å². The lowest BCUT2D eigenvalue weighted by atomic mass is 10.2. The van der Waals surface area contributed by atoms with Crippen LogP contribution in [0.15, 0.2) is 30.3 Å². The summed E-state index contributed by atoms with van der Waals surface area (Å²) in [5, 5.41) is 0. The van der Waals surface area contributed by atoms with E-state index in [1.165, 1.54) is 6.92 Å². The van der Waals surface area contributed by atoms with Crippen LogP contribution in [0.2, 0.25) is 0 Å². The smallest absolute Gasteiger partial charge is 0.336 e. The maximum atomic E-state index is 11.8. The fraction of sp³-hybridized carbons (Fsp3) is 0.400. The first kappa shape index (κ1) is 16.0. The van der Waals surface area contributed by atoms with Crippen LogP contribution in [0.25, 0.3) is 0 Å². The molecule has 2 rings (SSSR count). The monoisotopic (exact) mass is 306 g/mol. The molecule has 0 aliphatic carbocycles. The minimum absolute atomic E-state index is 0.409. The summed E-state index contributed by atoms with van der Waals surface area (Å²) in [6, 6.07) is 8.43. The molecule has 1 aromatic rings. The SMILES string of the molecule is C[C@H](OC(=O)[C@@H]1CCCO1)C(=O)NNC(=O)c1ccccc1. The summed E-state index contributed by atoms with van der Waals surface area (Å²) in [6.45, 7) is 1.95. The van der Waals surface area contributed by atoms with E-state index in [-0.39, 0.29) is 0 Å². The Balaban J connectivity index is 1.76. The molecule has 7 heteroatoms. The molecule has 1 fully saturated rings. The van der Waals surface area contributed by atoms with Crippen LogP contribution in [0.4, 0.5) is 0 Å². The Kier molecular flexibility index (Phi) is 5.48. The average Bonchev–Trinajstić information content (AvgIpc) is 3.07. The highest BCUT2D eigenvalue weighted by atomic mass is 16.6. The molecule has 2 N–H and O–H groups in total. The highest BCUT2D eigenvalue weighted by molar-refractivity contribution is 5.95. The lowest BCUT2D eigenvalue weighted by Gasteiger charge is -2.16. The third-order valence-corrected chi connectivity index (χ3v) is 3.19. The molecule has 0 saturated carbocycles. The van der Waals surface area contributed by atoms with Crippen molar-refractivity contribution >= 4 is 17.8 Å². The third kappa shape index (κ3) is 4.29. The van der Waals surface area contributed by atoms with E-state index in [2.05, 4.69) is 10.9 Å². The summed E-state index contributed by atoms with van der Waals surface area (Å²) < 4.78 is 10.2. The second-order valence-electron chi connectivity index (χ2n) is 4.89. The highest BCUT2D eigenvalue weighted by Gasteiger charge is 2.28. The number of benzene rings is 1. The quantitative estimate of drug-likeness (QED) is 0.626. The Morgan fingerprint density at radius 1 is 1.23 bits per heavy atom. The maximum absolute atomic E-state index is 11.8. The lowest BCUT2D eigenvalue weighted by Crippen LogP contribution is -2.47. The van der Waals surface area contributed by atoms with Crippen molar-refractivity contribution in [2.75, 3.05) is 6.61 Å². The molecular weight excluding hydrogens is 288 g/mol. The van der Waals surface area contributed by atoms with Crippen molar-refractivity contribution in [1.82, 2.24) is 10.9 Å². The van der Waals surface area contributed by atoms with Gasteiger partial charge in [0.25, 0.3) is 11.8 Å². The number of amides is 2. The number of ether oxygens (including phenoxy) is 2. The molecule has 1 aliphatic rings. The summed E-state index contributed by atoms with van der Waals surface area (Å²) in [5.41, 5.74) is 4.89. The molecule has 1 aliphatic heterocycles. The van der Waals surface area contributed by atoms with E-state index >= 15 is 0 Å². The minimum atomic E-state index is -1.02. The molecule has 1 saturated heterocycles. The van der Waals surface area contributed by atoms with E-state index in [0.717, 1.165) is 6.42 Å². The first-order chi connectivity index (χ1) is 10.6. The summed E-state index contributed by atoms with van der Waals surface area (Å²) in [5.74, 6) is -1.63. The van der Waals surface area contributed by atoms with Crippen LogP contribution in [0.3, 0.4) is 0 Å². The zero-order valence-corrected chi connectivity index (χ0v) is 12.2. The average molecular weight is 306 g/mol. The number of nitrogens with one attached hydrogen (secondary N) is 2. The van der Waals surface area contributed by atoms with Crippen LogP contribution >= 0.6 is 0 Å². The van der Waals surface area contributed by atoms with Gasteiger partial charge >= 0.3 is 5.97 Å². The molecule has 2 amide bonds. The third-order valence-electron chi connectivity index (χ3n) is 3.19. The Bertz CT molecular complexity index is 540. The first-order valence-corrected chi connectivity index (χ1v) is 7.05. The van der Waals surface area contributed by atoms with E-state index in [9.17, 15) is 14.4 Å². The number of hydrazine groups is 1. The number of hydrogen-bond donors (Lipinski definition) is 2. The number of esters is 1. The van der Waals surface area contributed by atoms with Crippen molar-refractivity contribution in [1.29, 1.82) is 0 Å². The lowest BCUT2D eigenvalue weighted by molar-refractivity contribution is -0.163. The Morgan fingerprint density at radius 2 is 1.95 bits per heavy atom. The Hall–Kier alpha value is -2.41. The van der Waals surface area contributed by atoms with E-state index in [1.54, 1.807) is 30.3 Å². The summed E-state index contributed by atoms with van der Waals surface area (Å²) >= 11 is 0. The fourth-order valence-corrected chi connectivity index (χ4v) is 1.95. The predicted molar refractivity (Wildman–Crippen MR) is 76.6 cm³/mol. The van der Waals surface area contributed by atoms with Gasteiger partial charge in [-0.1, -0.05) is 18.2 Å². The minimum Gasteiger partial charge on any atom is -0.451 e. The van der Waals surface area contributed by atoms with Crippen LogP contribution in [-0.2, 0) is 19.1 Å². The van der Waals surface area contributed by atoms with Crippen molar-refractivity contribution in [2.45, 2.75) is 32.0 Å². The van der Waals surface area contributed by atoms with Gasteiger partial charge < -0.3 is 9.47 Å². The normalized spacial score (nSPS) is 18.3. The molecular formula is C15H18N2O5. The number of rotatable bonds is 4. The van der Waals surface area contributed by atoms with Crippen molar-refractivity contribution in [3.63, 3.8) is 0 Å². The van der Waals surface area contributed by atoms with Gasteiger partial charge in [0.05, 0.1) is 0 Å². The number of hydrogen-bond acceptors (Lipinski definition) is 5. The molecule has 0 bridgehead atoms. The van der Waals surface area contributed by atoms with E-state index < -0.39 is 30.0 Å². The van der Waals surface area contributed by atoms with Gasteiger partial charge in [-0.3, -0.25) is 20.4 Å². The molecule has 22 heavy (non-hydrogen) atoms. The van der Waals surface area contributed by atoms with Gasteiger partial charge in [-0.25, -0.2) is 4.79 Å². The largest absolute Gasteiger partial charge is 0.451 e. The molecule has 0 spiro atoms. The molecule has 1 heterocycles. The van der Waals surface area contributed by atoms with Gasteiger partial charge in [-0.15, -0.1) is 0 Å². The van der Waals surface area contributed by atoms with Gasteiger partial charge in [0.2, 0.25) is 0 Å². The van der Waals surface area contributed by atoms with Crippen molar-refractivity contribution in [2.24, 2.45) is 0 Å². The molecule has 0 radical (unpaired) electrons. The summed E-state index contributed by atoms with van der Waals surface area (Å²) in [4.78, 5) is 35.2. The van der Waals surface area contributed by atoms with Gasteiger partial charge in [0.1, 0.15) is 0 Å². The molecule has 118 valence electrons. The molecule has 0 aromatic heterocycles. The van der Waals surface area contributed by atoms with Gasteiger partial charge in [-0.05, 0) is 31.9 Å². The maximum Gasteiger partial charge on any atom is 0.336 e. The molecule has 0 unspecified atom stereocenters. The Morgan fingerprint density at radius 3 is 2.59 bits per heavy atom. The highest BCUT2D eigenvalue weighted by Crippen LogP contribution is 2.14. The van der Waals surface area contributed by atoms with Crippen molar-refractivity contribution < 1.29 is 23.9 Å². The summed E-state index contributed by atoms with van der Waals surface area (Å²) in [7, 11) is 0. The van der Waals surface area contributed by atoms with E-state index in [0.29, 0.717) is 18.6 Å². The molecule has 1 aromatic carbocycles. The van der Waals surface area contributed by atoms with Crippen molar-refractivity contribution in [3.8, 4) is 0 Å². The van der Waals surface area contributed by atoms with Gasteiger partial charge in [0.15, 0.2) is 12.2 Å². The van der Waals surface area contributed by atoms with E-state index in [1.807, 2.05) is 0 Å². The Labute approximate surface area is 127 Å². The van der Waals surface area contributed by atoms with Crippen LogP contribution in [0, 0.1) is 0 Å². The predicted octanol–water partition coefficient (Wildman–Crippen LogP) is 0.558. The zero-order valence-electron chi connectivity index (χ0n) is 12.2. The van der Waals surface area contributed by atoms with Crippen LogP contribution < -0.4 is 10.9 Å². The number of carbonyl (C=O) groups excluding carboxylic acids is 3.